The van der Waals surface area contributed by atoms with Gasteiger partial charge in [0.25, 0.3) is 0 Å². The summed E-state index contributed by atoms with van der Waals surface area (Å²) in [7, 11) is 0. The zero-order valence-electron chi connectivity index (χ0n) is 16.5. The fourth-order valence-electron chi connectivity index (χ4n) is 3.45. The van der Waals surface area contributed by atoms with Crippen LogP contribution in [0.5, 0.6) is 5.75 Å². The van der Waals surface area contributed by atoms with E-state index in [4.69, 9.17) is 21.4 Å². The van der Waals surface area contributed by atoms with Crippen molar-refractivity contribution in [2.45, 2.75) is 26.0 Å². The van der Waals surface area contributed by atoms with Crippen molar-refractivity contribution >= 4 is 35.1 Å². The molecule has 1 unspecified atom stereocenters. The van der Waals surface area contributed by atoms with Gasteiger partial charge in [-0.3, -0.25) is 4.79 Å². The molecule has 0 radical (unpaired) electrons. The van der Waals surface area contributed by atoms with Gasteiger partial charge in [0, 0.05) is 10.6 Å². The highest BCUT2D eigenvalue weighted by atomic mass is 35.5. The van der Waals surface area contributed by atoms with Crippen LogP contribution < -0.4 is 10.1 Å². The number of carbonyl (C=O) groups excluding carboxylic acids is 1. The Balaban J connectivity index is 1.81. The molecule has 0 spiro atoms. The Hall–Kier alpha value is -2.44. The number of benzene rings is 2. The Morgan fingerprint density at radius 1 is 1.24 bits per heavy atom. The number of nitrogens with zero attached hydrogens (tertiary/aromatic N) is 2. The van der Waals surface area contributed by atoms with Crippen LogP contribution >= 0.6 is 23.4 Å². The van der Waals surface area contributed by atoms with Gasteiger partial charge in [-0.1, -0.05) is 29.8 Å². The van der Waals surface area contributed by atoms with Gasteiger partial charge in [-0.05, 0) is 56.2 Å². The third-order valence-corrected chi connectivity index (χ3v) is 6.58. The Morgan fingerprint density at radius 3 is 2.69 bits per heavy atom. The molecule has 1 atom stereocenters. The molecule has 0 saturated carbocycles. The van der Waals surface area contributed by atoms with Crippen LogP contribution in [0.3, 0.4) is 0 Å². The van der Waals surface area contributed by atoms with Crippen molar-refractivity contribution in [1.29, 1.82) is 0 Å². The summed E-state index contributed by atoms with van der Waals surface area (Å²) in [6.45, 7) is 6.53. The standard InChI is InChI=1S/C22H22ClN3O2S/c1-4-28-17-9-6-15(7-10-17)21-20-14(3)25-26(22(20)24-19(27)12-29-21)16-8-5-13(2)18(23)11-16/h5-11,21H,4,12H2,1-3H3,(H,24,27). The van der Waals surface area contributed by atoms with E-state index in [0.29, 0.717) is 23.2 Å². The third-order valence-electron chi connectivity index (χ3n) is 4.90. The van der Waals surface area contributed by atoms with Crippen LogP contribution in [0.25, 0.3) is 5.69 Å². The van der Waals surface area contributed by atoms with Crippen molar-refractivity contribution in [3.8, 4) is 11.4 Å². The molecular weight excluding hydrogens is 406 g/mol. The molecule has 4 rings (SSSR count). The molecule has 2 aromatic carbocycles. The monoisotopic (exact) mass is 427 g/mol. The maximum absolute atomic E-state index is 12.5. The minimum Gasteiger partial charge on any atom is -0.494 e. The summed E-state index contributed by atoms with van der Waals surface area (Å²) in [5, 5.41) is 8.45. The van der Waals surface area contributed by atoms with E-state index in [1.807, 2.05) is 51.1 Å². The molecule has 7 heteroatoms. The lowest BCUT2D eigenvalue weighted by Gasteiger charge is -2.16. The minimum absolute atomic E-state index is 0.00528. The van der Waals surface area contributed by atoms with Crippen molar-refractivity contribution in [3.05, 3.63) is 69.9 Å². The Labute approximate surface area is 179 Å². The molecule has 2 heterocycles. The Bertz CT molecular complexity index is 1060. The lowest BCUT2D eigenvalue weighted by molar-refractivity contribution is -0.113. The number of nitrogens with one attached hydrogen (secondary N) is 1. The minimum atomic E-state index is -0.0379. The molecule has 0 aliphatic carbocycles. The first-order chi connectivity index (χ1) is 14.0. The molecule has 5 nitrogen and oxygen atoms in total. The number of amides is 1. The van der Waals surface area contributed by atoms with Crippen molar-refractivity contribution < 1.29 is 9.53 Å². The predicted molar refractivity (Wildman–Crippen MR) is 119 cm³/mol. The largest absolute Gasteiger partial charge is 0.494 e. The second-order valence-corrected chi connectivity index (χ2v) is 8.43. The molecule has 3 aromatic rings. The molecule has 0 fully saturated rings. The van der Waals surface area contributed by atoms with Gasteiger partial charge in [-0.25, -0.2) is 4.68 Å². The zero-order valence-corrected chi connectivity index (χ0v) is 18.1. The number of hydrogen-bond acceptors (Lipinski definition) is 4. The molecule has 0 saturated heterocycles. The highest BCUT2D eigenvalue weighted by Gasteiger charge is 2.30. The lowest BCUT2D eigenvalue weighted by Crippen LogP contribution is -2.15. The first-order valence-corrected chi connectivity index (χ1v) is 10.9. The highest BCUT2D eigenvalue weighted by molar-refractivity contribution is 8.00. The number of aromatic nitrogens is 2. The summed E-state index contributed by atoms with van der Waals surface area (Å²) in [4.78, 5) is 12.5. The zero-order chi connectivity index (χ0) is 20.5. The summed E-state index contributed by atoms with van der Waals surface area (Å²) in [5.41, 5.74) is 4.83. The molecule has 1 amide bonds. The molecule has 1 aromatic heterocycles. The molecule has 1 aliphatic rings. The van der Waals surface area contributed by atoms with Crippen molar-refractivity contribution in [1.82, 2.24) is 9.78 Å². The summed E-state index contributed by atoms with van der Waals surface area (Å²) >= 11 is 7.94. The second-order valence-electron chi connectivity index (χ2n) is 6.93. The topological polar surface area (TPSA) is 56.1 Å². The molecule has 0 bridgehead atoms. The van der Waals surface area contributed by atoms with Gasteiger partial charge in [0.05, 0.1) is 29.0 Å². The van der Waals surface area contributed by atoms with E-state index in [1.165, 1.54) is 0 Å². The lowest BCUT2D eigenvalue weighted by atomic mass is 10.0. The van der Waals surface area contributed by atoms with Crippen LogP contribution in [0.15, 0.2) is 42.5 Å². The number of rotatable bonds is 4. The van der Waals surface area contributed by atoms with Crippen LogP contribution in [-0.2, 0) is 4.79 Å². The first kappa shape index (κ1) is 19.9. The first-order valence-electron chi connectivity index (χ1n) is 9.48. The predicted octanol–water partition coefficient (Wildman–Crippen LogP) is 5.32. The van der Waals surface area contributed by atoms with Gasteiger partial charge in [-0.15, -0.1) is 11.8 Å². The maximum atomic E-state index is 12.5. The van der Waals surface area contributed by atoms with Crippen molar-refractivity contribution in [3.63, 3.8) is 0 Å². The van der Waals surface area contributed by atoms with Crippen molar-refractivity contribution in [2.75, 3.05) is 17.7 Å². The number of ether oxygens (including phenoxy) is 1. The van der Waals surface area contributed by atoms with Gasteiger partial charge in [-0.2, -0.15) is 5.10 Å². The van der Waals surface area contributed by atoms with E-state index in [0.717, 1.165) is 33.8 Å². The Morgan fingerprint density at radius 2 is 2.00 bits per heavy atom. The maximum Gasteiger partial charge on any atom is 0.235 e. The Kier molecular flexibility index (Phi) is 5.56. The molecular formula is C22H22ClN3O2S. The van der Waals surface area contributed by atoms with Crippen LogP contribution in [0, 0.1) is 13.8 Å². The number of anilines is 1. The van der Waals surface area contributed by atoms with E-state index in [-0.39, 0.29) is 11.2 Å². The number of thioether (sulfide) groups is 1. The molecule has 1 aliphatic heterocycles. The smallest absolute Gasteiger partial charge is 0.235 e. The highest BCUT2D eigenvalue weighted by Crippen LogP contribution is 2.44. The number of halogens is 1. The third kappa shape index (κ3) is 3.87. The quantitative estimate of drug-likeness (QED) is 0.612. The number of aryl methyl sites for hydroxylation is 2. The van der Waals surface area contributed by atoms with Gasteiger partial charge in [0.2, 0.25) is 5.91 Å². The second kappa shape index (κ2) is 8.13. The molecule has 150 valence electrons. The summed E-state index contributed by atoms with van der Waals surface area (Å²) in [6, 6.07) is 13.9. The number of hydrogen-bond donors (Lipinski definition) is 1. The van der Waals surface area contributed by atoms with Gasteiger partial charge in [0.1, 0.15) is 11.6 Å². The summed E-state index contributed by atoms with van der Waals surface area (Å²) < 4.78 is 7.34. The van der Waals surface area contributed by atoms with Gasteiger partial charge in [0.15, 0.2) is 0 Å². The average Bonchev–Trinajstić information content (AvgIpc) is 2.91. The summed E-state index contributed by atoms with van der Waals surface area (Å²) in [6.07, 6.45) is 0. The van der Waals surface area contributed by atoms with Crippen molar-refractivity contribution in [2.24, 2.45) is 0 Å². The number of carbonyl (C=O) groups is 1. The van der Waals surface area contributed by atoms with E-state index >= 15 is 0 Å². The summed E-state index contributed by atoms with van der Waals surface area (Å²) in [5.74, 6) is 1.88. The van der Waals surface area contributed by atoms with E-state index in [9.17, 15) is 4.79 Å². The molecule has 29 heavy (non-hydrogen) atoms. The van der Waals surface area contributed by atoms with E-state index in [2.05, 4.69) is 17.4 Å². The molecule has 1 N–H and O–H groups in total. The number of fused-ring (bicyclic) bond motifs is 1. The normalized spacial score (nSPS) is 16.1. The average molecular weight is 428 g/mol. The van der Waals surface area contributed by atoms with E-state index < -0.39 is 0 Å². The fourth-order valence-corrected chi connectivity index (χ4v) is 4.82. The van der Waals surface area contributed by atoms with Gasteiger partial charge >= 0.3 is 0 Å². The van der Waals surface area contributed by atoms with Crippen LogP contribution in [-0.4, -0.2) is 28.0 Å². The fraction of sp³-hybridized carbons (Fsp3) is 0.273. The van der Waals surface area contributed by atoms with Crippen LogP contribution in [0.4, 0.5) is 5.82 Å². The van der Waals surface area contributed by atoms with E-state index in [1.54, 1.807) is 16.4 Å². The van der Waals surface area contributed by atoms with Crippen LogP contribution in [0.1, 0.15) is 34.6 Å². The van der Waals surface area contributed by atoms with Gasteiger partial charge < -0.3 is 10.1 Å². The SMILES string of the molecule is CCOc1ccc(C2SCC(=O)Nc3c2c(C)nn3-c2ccc(C)c(Cl)c2)cc1. The van der Waals surface area contributed by atoms with Crippen LogP contribution in [0.2, 0.25) is 5.02 Å².